The topological polar surface area (TPSA) is 56.3 Å². The van der Waals surface area contributed by atoms with Crippen LogP contribution < -0.4 is 14.8 Å². The van der Waals surface area contributed by atoms with Crippen LogP contribution in [0.3, 0.4) is 0 Å². The molecule has 1 N–H and O–H groups in total. The molecule has 0 atom stereocenters. The molecular weight excluding hydrogens is 266 g/mol. The number of hydrogen-bond donors (Lipinski definition) is 1. The van der Waals surface area contributed by atoms with Crippen molar-refractivity contribution in [3.63, 3.8) is 0 Å². The fraction of sp³-hybridized carbons (Fsp3) is 0.375. The van der Waals surface area contributed by atoms with Crippen LogP contribution in [0.5, 0.6) is 11.5 Å². The van der Waals surface area contributed by atoms with Crippen LogP contribution in [0, 0.1) is 0 Å². The summed E-state index contributed by atoms with van der Waals surface area (Å²) in [5.74, 6) is 1.41. The fourth-order valence-corrected chi connectivity index (χ4v) is 2.14. The lowest BCUT2D eigenvalue weighted by atomic mass is 10.0. The first-order chi connectivity index (χ1) is 10.3. The monoisotopic (exact) mass is 287 g/mol. The highest BCUT2D eigenvalue weighted by molar-refractivity contribution is 5.67. The number of nitrogens with one attached hydrogen (secondary N) is 1. The Labute approximate surface area is 125 Å². The van der Waals surface area contributed by atoms with Crippen LogP contribution in [0.15, 0.2) is 30.7 Å². The van der Waals surface area contributed by atoms with E-state index >= 15 is 0 Å². The molecule has 21 heavy (non-hydrogen) atoms. The van der Waals surface area contributed by atoms with Gasteiger partial charge in [-0.15, -0.1) is 0 Å². The van der Waals surface area contributed by atoms with Crippen molar-refractivity contribution >= 4 is 0 Å². The molecule has 0 unspecified atom stereocenters. The van der Waals surface area contributed by atoms with Gasteiger partial charge in [0.05, 0.1) is 26.1 Å². The lowest BCUT2D eigenvalue weighted by molar-refractivity contribution is 0.354. The number of nitrogens with zero attached hydrogens (tertiary/aromatic N) is 2. The van der Waals surface area contributed by atoms with Crippen LogP contribution in [0.2, 0.25) is 0 Å². The second-order valence-corrected chi connectivity index (χ2v) is 4.63. The molecule has 0 fully saturated rings. The molecule has 0 radical (unpaired) electrons. The second-order valence-electron chi connectivity index (χ2n) is 4.63. The summed E-state index contributed by atoms with van der Waals surface area (Å²) < 4.78 is 10.8. The molecule has 0 aliphatic heterocycles. The van der Waals surface area contributed by atoms with Gasteiger partial charge in [0.15, 0.2) is 11.5 Å². The van der Waals surface area contributed by atoms with Crippen LogP contribution in [0.25, 0.3) is 11.3 Å². The Balaban J connectivity index is 2.44. The molecule has 2 rings (SSSR count). The minimum Gasteiger partial charge on any atom is -0.493 e. The van der Waals surface area contributed by atoms with E-state index in [0.29, 0.717) is 5.75 Å². The van der Waals surface area contributed by atoms with Crippen LogP contribution in [-0.2, 0) is 6.54 Å². The number of ether oxygens (including phenoxy) is 2. The van der Waals surface area contributed by atoms with E-state index in [1.165, 1.54) is 0 Å². The van der Waals surface area contributed by atoms with Gasteiger partial charge in [0.1, 0.15) is 0 Å². The summed E-state index contributed by atoms with van der Waals surface area (Å²) in [6, 6.07) is 3.94. The molecule has 0 saturated carbocycles. The zero-order valence-corrected chi connectivity index (χ0v) is 12.7. The van der Waals surface area contributed by atoms with Gasteiger partial charge in [-0.1, -0.05) is 6.92 Å². The standard InChI is InChI=1S/C16H21N3O2/c1-4-5-17-10-12-8-15(20-2)16(21-3)9-13(12)14-11-18-6-7-19-14/h6-9,11,17H,4-5,10H2,1-3H3. The van der Waals surface area contributed by atoms with Gasteiger partial charge < -0.3 is 14.8 Å². The van der Waals surface area contributed by atoms with Gasteiger partial charge in [0.25, 0.3) is 0 Å². The van der Waals surface area contributed by atoms with Crippen LogP contribution in [0.1, 0.15) is 18.9 Å². The van der Waals surface area contributed by atoms with Crippen molar-refractivity contribution in [3.8, 4) is 22.8 Å². The lowest BCUT2D eigenvalue weighted by Gasteiger charge is -2.15. The van der Waals surface area contributed by atoms with E-state index in [-0.39, 0.29) is 0 Å². The zero-order valence-electron chi connectivity index (χ0n) is 12.7. The predicted octanol–water partition coefficient (Wildman–Crippen LogP) is 2.66. The van der Waals surface area contributed by atoms with Crippen LogP contribution in [0.4, 0.5) is 0 Å². The van der Waals surface area contributed by atoms with Crippen molar-refractivity contribution in [2.75, 3.05) is 20.8 Å². The first-order valence-corrected chi connectivity index (χ1v) is 7.02. The molecule has 1 heterocycles. The van der Waals surface area contributed by atoms with E-state index < -0.39 is 0 Å². The third-order valence-electron chi connectivity index (χ3n) is 3.19. The molecule has 1 aromatic heterocycles. The summed E-state index contributed by atoms with van der Waals surface area (Å²) in [6.07, 6.45) is 6.20. The summed E-state index contributed by atoms with van der Waals surface area (Å²) in [5, 5.41) is 3.41. The van der Waals surface area contributed by atoms with Gasteiger partial charge >= 0.3 is 0 Å². The third-order valence-corrected chi connectivity index (χ3v) is 3.19. The van der Waals surface area contributed by atoms with Crippen molar-refractivity contribution in [2.24, 2.45) is 0 Å². The Hall–Kier alpha value is -2.14. The molecule has 0 aliphatic rings. The van der Waals surface area contributed by atoms with E-state index in [0.717, 1.165) is 42.1 Å². The molecule has 2 aromatic rings. The van der Waals surface area contributed by atoms with E-state index in [2.05, 4.69) is 22.2 Å². The van der Waals surface area contributed by atoms with E-state index in [1.54, 1.807) is 32.8 Å². The second kappa shape index (κ2) is 7.59. The average Bonchev–Trinajstić information content (AvgIpc) is 2.55. The predicted molar refractivity (Wildman–Crippen MR) is 82.6 cm³/mol. The fourth-order valence-electron chi connectivity index (χ4n) is 2.14. The quantitative estimate of drug-likeness (QED) is 0.793. The number of methoxy groups -OCH3 is 2. The normalized spacial score (nSPS) is 10.4. The molecule has 5 heteroatoms. The molecular formula is C16H21N3O2. The molecule has 0 bridgehead atoms. The van der Waals surface area contributed by atoms with Gasteiger partial charge in [-0.25, -0.2) is 0 Å². The first kappa shape index (κ1) is 15.3. The lowest BCUT2D eigenvalue weighted by Crippen LogP contribution is -2.14. The molecule has 0 amide bonds. The maximum atomic E-state index is 5.39. The van der Waals surface area contributed by atoms with Gasteiger partial charge in [-0.2, -0.15) is 0 Å². The summed E-state index contributed by atoms with van der Waals surface area (Å²) >= 11 is 0. The van der Waals surface area contributed by atoms with Crippen molar-refractivity contribution in [1.29, 1.82) is 0 Å². The third kappa shape index (κ3) is 3.70. The van der Waals surface area contributed by atoms with Gasteiger partial charge in [0.2, 0.25) is 0 Å². The highest BCUT2D eigenvalue weighted by atomic mass is 16.5. The Morgan fingerprint density at radius 3 is 2.48 bits per heavy atom. The maximum Gasteiger partial charge on any atom is 0.161 e. The number of benzene rings is 1. The number of aromatic nitrogens is 2. The van der Waals surface area contributed by atoms with E-state index in [4.69, 9.17) is 9.47 Å². The van der Waals surface area contributed by atoms with Gasteiger partial charge in [-0.05, 0) is 30.7 Å². The Kier molecular flexibility index (Phi) is 5.51. The minimum absolute atomic E-state index is 0.692. The zero-order chi connectivity index (χ0) is 15.1. The first-order valence-electron chi connectivity index (χ1n) is 7.02. The van der Waals surface area contributed by atoms with E-state index in [1.807, 2.05) is 12.1 Å². The van der Waals surface area contributed by atoms with Crippen molar-refractivity contribution in [2.45, 2.75) is 19.9 Å². The summed E-state index contributed by atoms with van der Waals surface area (Å²) in [6.45, 7) is 3.86. The SMILES string of the molecule is CCCNCc1cc(OC)c(OC)cc1-c1cnccn1. The molecule has 5 nitrogen and oxygen atoms in total. The van der Waals surface area contributed by atoms with Crippen molar-refractivity contribution in [3.05, 3.63) is 36.3 Å². The summed E-state index contributed by atoms with van der Waals surface area (Å²) in [4.78, 5) is 8.52. The van der Waals surface area contributed by atoms with Crippen molar-refractivity contribution in [1.82, 2.24) is 15.3 Å². The average molecular weight is 287 g/mol. The molecule has 1 aromatic carbocycles. The Bertz CT molecular complexity index is 573. The van der Waals surface area contributed by atoms with Crippen LogP contribution in [-0.4, -0.2) is 30.7 Å². The Morgan fingerprint density at radius 2 is 1.86 bits per heavy atom. The van der Waals surface area contributed by atoms with Crippen LogP contribution >= 0.6 is 0 Å². The summed E-state index contributed by atoms with van der Waals surface area (Å²) in [5.41, 5.74) is 2.94. The molecule has 112 valence electrons. The highest BCUT2D eigenvalue weighted by Crippen LogP contribution is 2.34. The van der Waals surface area contributed by atoms with E-state index in [9.17, 15) is 0 Å². The largest absolute Gasteiger partial charge is 0.493 e. The minimum atomic E-state index is 0.692. The molecule has 0 saturated heterocycles. The number of rotatable bonds is 7. The van der Waals surface area contributed by atoms with Gasteiger partial charge in [0, 0.05) is 24.5 Å². The highest BCUT2D eigenvalue weighted by Gasteiger charge is 2.13. The van der Waals surface area contributed by atoms with Gasteiger partial charge in [-0.3, -0.25) is 9.97 Å². The maximum absolute atomic E-state index is 5.39. The Morgan fingerprint density at radius 1 is 1.10 bits per heavy atom. The summed E-state index contributed by atoms with van der Waals surface area (Å²) in [7, 11) is 3.27. The smallest absolute Gasteiger partial charge is 0.161 e. The number of hydrogen-bond acceptors (Lipinski definition) is 5. The molecule has 0 aliphatic carbocycles. The van der Waals surface area contributed by atoms with Crippen molar-refractivity contribution < 1.29 is 9.47 Å². The molecule has 0 spiro atoms.